The summed E-state index contributed by atoms with van der Waals surface area (Å²) < 4.78 is 0. The van der Waals surface area contributed by atoms with E-state index in [2.05, 4.69) is 51.1 Å². The fraction of sp³-hybridized carbons (Fsp3) is 0.235. The number of hydrogen-bond acceptors (Lipinski definition) is 3. The third-order valence-corrected chi connectivity index (χ3v) is 4.19. The highest BCUT2D eigenvalue weighted by atomic mass is 32.2. The van der Waals surface area contributed by atoms with Crippen LogP contribution in [0.15, 0.2) is 52.3 Å². The van der Waals surface area contributed by atoms with Gasteiger partial charge in [-0.1, -0.05) is 44.7 Å². The van der Waals surface area contributed by atoms with E-state index in [0.717, 1.165) is 9.79 Å². The number of rotatable bonds is 2. The summed E-state index contributed by atoms with van der Waals surface area (Å²) in [5.74, 6) is 0. The van der Waals surface area contributed by atoms with Crippen LogP contribution in [0.1, 0.15) is 31.9 Å². The van der Waals surface area contributed by atoms with Crippen molar-refractivity contribution < 1.29 is 0 Å². The summed E-state index contributed by atoms with van der Waals surface area (Å²) in [6.45, 7) is 6.61. The number of benzene rings is 2. The zero-order valence-corrected chi connectivity index (χ0v) is 12.8. The summed E-state index contributed by atoms with van der Waals surface area (Å²) in [5.41, 5.74) is 8.69. The van der Waals surface area contributed by atoms with Crippen LogP contribution in [0.5, 0.6) is 0 Å². The summed E-state index contributed by atoms with van der Waals surface area (Å²) in [4.78, 5) is 2.13. The Hall–Kier alpha value is -1.92. The largest absolute Gasteiger partial charge is 0.398 e. The molecule has 2 nitrogen and oxygen atoms in total. The van der Waals surface area contributed by atoms with Crippen molar-refractivity contribution >= 4 is 17.4 Å². The summed E-state index contributed by atoms with van der Waals surface area (Å²) in [7, 11) is 0. The van der Waals surface area contributed by atoms with Crippen molar-refractivity contribution in [3.8, 4) is 6.07 Å². The molecule has 0 aliphatic carbocycles. The van der Waals surface area contributed by atoms with Gasteiger partial charge in [-0.2, -0.15) is 5.26 Å². The monoisotopic (exact) mass is 282 g/mol. The van der Waals surface area contributed by atoms with Crippen molar-refractivity contribution in [3.63, 3.8) is 0 Å². The Bertz CT molecular complexity index is 646. The van der Waals surface area contributed by atoms with Crippen LogP contribution in [0, 0.1) is 11.3 Å². The number of anilines is 1. The maximum atomic E-state index is 8.84. The third kappa shape index (κ3) is 3.34. The van der Waals surface area contributed by atoms with E-state index >= 15 is 0 Å². The van der Waals surface area contributed by atoms with Gasteiger partial charge in [0.2, 0.25) is 0 Å². The highest BCUT2D eigenvalue weighted by Crippen LogP contribution is 2.33. The molecule has 2 N–H and O–H groups in total. The molecule has 0 radical (unpaired) electrons. The van der Waals surface area contributed by atoms with E-state index < -0.39 is 0 Å². The van der Waals surface area contributed by atoms with Gasteiger partial charge in [0, 0.05) is 15.5 Å². The lowest BCUT2D eigenvalue weighted by Crippen LogP contribution is -2.10. The zero-order valence-electron chi connectivity index (χ0n) is 12.0. The smallest absolute Gasteiger partial charge is 0.0992 e. The molecule has 2 aromatic rings. The molecule has 20 heavy (non-hydrogen) atoms. The van der Waals surface area contributed by atoms with E-state index in [1.807, 2.05) is 6.07 Å². The molecule has 0 amide bonds. The fourth-order valence-corrected chi connectivity index (χ4v) is 2.70. The Labute approximate surface area is 124 Å². The van der Waals surface area contributed by atoms with Crippen LogP contribution in [0.25, 0.3) is 0 Å². The first-order valence-corrected chi connectivity index (χ1v) is 7.30. The summed E-state index contributed by atoms with van der Waals surface area (Å²) >= 11 is 1.62. The van der Waals surface area contributed by atoms with Gasteiger partial charge >= 0.3 is 0 Å². The van der Waals surface area contributed by atoms with Crippen molar-refractivity contribution in [2.75, 3.05) is 5.73 Å². The number of nitrogens with two attached hydrogens (primary N) is 1. The molecule has 0 unspecified atom stereocenters. The van der Waals surface area contributed by atoms with Gasteiger partial charge in [0.1, 0.15) is 0 Å². The van der Waals surface area contributed by atoms with Gasteiger partial charge in [-0.25, -0.2) is 0 Å². The molecular formula is C17H18N2S. The van der Waals surface area contributed by atoms with E-state index in [0.29, 0.717) is 11.3 Å². The normalized spacial score (nSPS) is 11.1. The molecular weight excluding hydrogens is 264 g/mol. The third-order valence-electron chi connectivity index (χ3n) is 3.09. The first-order chi connectivity index (χ1) is 9.40. The second-order valence-corrected chi connectivity index (χ2v) is 6.86. The van der Waals surface area contributed by atoms with Gasteiger partial charge in [0.25, 0.3) is 0 Å². The molecule has 0 fully saturated rings. The molecule has 102 valence electrons. The minimum absolute atomic E-state index is 0.163. The van der Waals surface area contributed by atoms with Gasteiger partial charge in [-0.15, -0.1) is 0 Å². The molecule has 0 saturated carbocycles. The molecule has 0 saturated heterocycles. The number of nitrogen functional groups attached to an aromatic ring is 1. The highest BCUT2D eigenvalue weighted by Gasteiger charge is 2.13. The van der Waals surface area contributed by atoms with Gasteiger partial charge in [-0.05, 0) is 41.3 Å². The van der Waals surface area contributed by atoms with Crippen molar-refractivity contribution in [2.24, 2.45) is 0 Å². The number of nitriles is 1. The molecule has 0 atom stereocenters. The predicted molar refractivity (Wildman–Crippen MR) is 84.8 cm³/mol. The first kappa shape index (κ1) is 14.5. The quantitative estimate of drug-likeness (QED) is 0.820. The van der Waals surface area contributed by atoms with Crippen LogP contribution in [-0.2, 0) is 5.41 Å². The van der Waals surface area contributed by atoms with E-state index in [9.17, 15) is 0 Å². The van der Waals surface area contributed by atoms with Crippen molar-refractivity contribution in [2.45, 2.75) is 36.0 Å². The van der Waals surface area contributed by atoms with Crippen LogP contribution in [0.2, 0.25) is 0 Å². The number of hydrogen-bond donors (Lipinski definition) is 1. The van der Waals surface area contributed by atoms with Crippen LogP contribution >= 0.6 is 11.8 Å². The lowest BCUT2D eigenvalue weighted by Gasteiger charge is -2.19. The van der Waals surface area contributed by atoms with E-state index in [4.69, 9.17) is 11.0 Å². The Morgan fingerprint density at radius 1 is 1.05 bits per heavy atom. The van der Waals surface area contributed by atoms with E-state index in [-0.39, 0.29) is 5.41 Å². The van der Waals surface area contributed by atoms with E-state index in [1.54, 1.807) is 23.9 Å². The van der Waals surface area contributed by atoms with Gasteiger partial charge in [-0.3, -0.25) is 0 Å². The summed E-state index contributed by atoms with van der Waals surface area (Å²) in [6, 6.07) is 16.0. The maximum Gasteiger partial charge on any atom is 0.0992 e. The van der Waals surface area contributed by atoms with Crippen molar-refractivity contribution in [1.82, 2.24) is 0 Å². The summed E-state index contributed by atoms with van der Waals surface area (Å²) in [6.07, 6.45) is 0. The van der Waals surface area contributed by atoms with Gasteiger partial charge in [0.05, 0.1) is 11.6 Å². The Balaban J connectivity index is 2.21. The van der Waals surface area contributed by atoms with Crippen LogP contribution in [-0.4, -0.2) is 0 Å². The van der Waals surface area contributed by atoms with Gasteiger partial charge < -0.3 is 5.73 Å². The average Bonchev–Trinajstić information content (AvgIpc) is 2.40. The molecule has 3 heteroatoms. The van der Waals surface area contributed by atoms with Crippen molar-refractivity contribution in [3.05, 3.63) is 53.6 Å². The second kappa shape index (κ2) is 5.60. The molecule has 0 aliphatic rings. The molecule has 0 spiro atoms. The standard InChI is InChI=1S/C17H18N2S/c1-17(2,3)13-5-7-14(8-6-13)20-16-9-4-12(11-18)10-15(16)19/h4-10H,19H2,1-3H3. The highest BCUT2D eigenvalue weighted by molar-refractivity contribution is 7.99. The maximum absolute atomic E-state index is 8.84. The molecule has 0 aliphatic heterocycles. The fourth-order valence-electron chi connectivity index (χ4n) is 1.86. The molecule has 2 rings (SSSR count). The topological polar surface area (TPSA) is 49.8 Å². The van der Waals surface area contributed by atoms with Crippen molar-refractivity contribution in [1.29, 1.82) is 5.26 Å². The van der Waals surface area contributed by atoms with Crippen LogP contribution in [0.3, 0.4) is 0 Å². The minimum atomic E-state index is 0.163. The lowest BCUT2D eigenvalue weighted by molar-refractivity contribution is 0.590. The van der Waals surface area contributed by atoms with Gasteiger partial charge in [0.15, 0.2) is 0 Å². The average molecular weight is 282 g/mol. The SMILES string of the molecule is CC(C)(C)c1ccc(Sc2ccc(C#N)cc2N)cc1. The molecule has 0 aromatic heterocycles. The summed E-state index contributed by atoms with van der Waals surface area (Å²) in [5, 5.41) is 8.84. The Morgan fingerprint density at radius 3 is 2.20 bits per heavy atom. The Morgan fingerprint density at radius 2 is 1.70 bits per heavy atom. The molecule has 0 heterocycles. The van der Waals surface area contributed by atoms with E-state index in [1.165, 1.54) is 5.56 Å². The Kier molecular flexibility index (Phi) is 4.06. The molecule has 0 bridgehead atoms. The second-order valence-electron chi connectivity index (χ2n) is 5.74. The zero-order chi connectivity index (χ0) is 14.8. The molecule has 2 aromatic carbocycles. The van der Waals surface area contributed by atoms with Crippen LogP contribution < -0.4 is 5.73 Å². The minimum Gasteiger partial charge on any atom is -0.398 e. The first-order valence-electron chi connectivity index (χ1n) is 6.48. The lowest BCUT2D eigenvalue weighted by atomic mass is 9.87. The van der Waals surface area contributed by atoms with Crippen LogP contribution in [0.4, 0.5) is 5.69 Å². The number of nitrogens with zero attached hydrogens (tertiary/aromatic N) is 1. The predicted octanol–water partition coefficient (Wildman–Crippen LogP) is 4.59.